The van der Waals surface area contributed by atoms with Crippen LogP contribution in [0.1, 0.15) is 52.9 Å². The van der Waals surface area contributed by atoms with E-state index < -0.39 is 0 Å². The molecule has 1 saturated heterocycles. The molecule has 1 fully saturated rings. The highest BCUT2D eigenvalue weighted by molar-refractivity contribution is 4.78. The van der Waals surface area contributed by atoms with Crippen LogP contribution in [0.15, 0.2) is 0 Å². The average Bonchev–Trinajstić information content (AvgIpc) is 2.08. The zero-order valence-corrected chi connectivity index (χ0v) is 9.47. The lowest BCUT2D eigenvalue weighted by molar-refractivity contribution is 0.277. The molecule has 0 aromatic heterocycles. The molecule has 1 heteroatoms. The molecule has 13 heavy (non-hydrogen) atoms. The van der Waals surface area contributed by atoms with E-state index in [1.165, 1.54) is 38.6 Å². The van der Waals surface area contributed by atoms with Gasteiger partial charge in [-0.1, -0.05) is 33.6 Å². The molecule has 1 aliphatic heterocycles. The van der Waals surface area contributed by atoms with Crippen LogP contribution in [0.25, 0.3) is 0 Å². The van der Waals surface area contributed by atoms with Gasteiger partial charge in [0.1, 0.15) is 0 Å². The van der Waals surface area contributed by atoms with Crippen LogP contribution in [-0.2, 0) is 0 Å². The molecule has 0 spiro atoms. The molecule has 0 bridgehead atoms. The summed E-state index contributed by atoms with van der Waals surface area (Å²) < 4.78 is 0. The third-order valence-corrected chi connectivity index (χ3v) is 3.23. The summed E-state index contributed by atoms with van der Waals surface area (Å²) in [5, 5.41) is 3.64. The van der Waals surface area contributed by atoms with Crippen LogP contribution in [0.3, 0.4) is 0 Å². The van der Waals surface area contributed by atoms with Gasteiger partial charge < -0.3 is 5.32 Å². The van der Waals surface area contributed by atoms with Crippen molar-refractivity contribution in [2.24, 2.45) is 11.8 Å². The van der Waals surface area contributed by atoms with Gasteiger partial charge in [0, 0.05) is 6.04 Å². The summed E-state index contributed by atoms with van der Waals surface area (Å²) in [4.78, 5) is 0. The van der Waals surface area contributed by atoms with Crippen LogP contribution in [0.5, 0.6) is 0 Å². The van der Waals surface area contributed by atoms with Gasteiger partial charge in [-0.05, 0) is 37.6 Å². The average molecular weight is 183 g/mol. The molecule has 2 atom stereocenters. The minimum Gasteiger partial charge on any atom is -0.314 e. The third-order valence-electron chi connectivity index (χ3n) is 3.23. The molecule has 1 aliphatic rings. The fraction of sp³-hybridized carbons (Fsp3) is 1.00. The largest absolute Gasteiger partial charge is 0.314 e. The molecule has 78 valence electrons. The topological polar surface area (TPSA) is 12.0 Å². The summed E-state index contributed by atoms with van der Waals surface area (Å²) in [5.74, 6) is 1.78. The van der Waals surface area contributed by atoms with E-state index in [9.17, 15) is 0 Å². The van der Waals surface area contributed by atoms with E-state index in [-0.39, 0.29) is 0 Å². The molecular weight excluding hydrogens is 158 g/mol. The van der Waals surface area contributed by atoms with Crippen molar-refractivity contribution in [1.29, 1.82) is 0 Å². The van der Waals surface area contributed by atoms with Crippen molar-refractivity contribution >= 4 is 0 Å². The van der Waals surface area contributed by atoms with E-state index in [2.05, 4.69) is 26.1 Å². The van der Waals surface area contributed by atoms with Gasteiger partial charge in [0.05, 0.1) is 0 Å². The smallest absolute Gasteiger partial charge is 0.00926 e. The predicted molar refractivity (Wildman–Crippen MR) is 58.9 cm³/mol. The summed E-state index contributed by atoms with van der Waals surface area (Å²) >= 11 is 0. The Balaban J connectivity index is 2.11. The lowest BCUT2D eigenvalue weighted by Gasteiger charge is -2.30. The molecule has 0 aromatic carbocycles. The molecule has 2 unspecified atom stereocenters. The van der Waals surface area contributed by atoms with Crippen molar-refractivity contribution in [2.75, 3.05) is 6.54 Å². The summed E-state index contributed by atoms with van der Waals surface area (Å²) in [7, 11) is 0. The molecule has 0 amide bonds. The molecular formula is C12H25N. The maximum atomic E-state index is 3.64. The first kappa shape index (κ1) is 11.0. The van der Waals surface area contributed by atoms with Gasteiger partial charge in [-0.3, -0.25) is 0 Å². The van der Waals surface area contributed by atoms with Crippen LogP contribution in [0.4, 0.5) is 0 Å². The van der Waals surface area contributed by atoms with Crippen LogP contribution in [-0.4, -0.2) is 12.6 Å². The summed E-state index contributed by atoms with van der Waals surface area (Å²) in [5.41, 5.74) is 0. The highest BCUT2D eigenvalue weighted by Crippen LogP contribution is 2.20. The number of piperidine rings is 1. The van der Waals surface area contributed by atoms with Crippen molar-refractivity contribution in [3.8, 4) is 0 Å². The second-order valence-corrected chi connectivity index (χ2v) is 5.00. The molecule has 1 heterocycles. The summed E-state index contributed by atoms with van der Waals surface area (Å²) in [6.45, 7) is 8.28. The van der Waals surface area contributed by atoms with Crippen molar-refractivity contribution < 1.29 is 0 Å². The van der Waals surface area contributed by atoms with Crippen molar-refractivity contribution in [1.82, 2.24) is 5.32 Å². The Morgan fingerprint density at radius 2 is 2.15 bits per heavy atom. The van der Waals surface area contributed by atoms with E-state index in [1.807, 2.05) is 0 Å². The fourth-order valence-electron chi connectivity index (χ4n) is 2.25. The predicted octanol–water partition coefficient (Wildman–Crippen LogP) is 3.20. The lowest BCUT2D eigenvalue weighted by atomic mass is 9.88. The maximum Gasteiger partial charge on any atom is 0.00926 e. The Hall–Kier alpha value is -0.0400. The SMILES string of the molecule is CC(C)CCCC1NCCCC1C. The minimum absolute atomic E-state index is 0.812. The first-order valence-electron chi connectivity index (χ1n) is 5.93. The number of nitrogens with one attached hydrogen (secondary N) is 1. The summed E-state index contributed by atoms with van der Waals surface area (Å²) in [6.07, 6.45) is 6.99. The number of hydrogen-bond acceptors (Lipinski definition) is 1. The van der Waals surface area contributed by atoms with Crippen molar-refractivity contribution in [3.05, 3.63) is 0 Å². The van der Waals surface area contributed by atoms with Gasteiger partial charge in [0.15, 0.2) is 0 Å². The first-order valence-corrected chi connectivity index (χ1v) is 5.93. The standard InChI is InChI=1S/C12H25N/c1-10(2)6-4-8-12-11(3)7-5-9-13-12/h10-13H,4-9H2,1-3H3. The lowest BCUT2D eigenvalue weighted by Crippen LogP contribution is -2.39. The highest BCUT2D eigenvalue weighted by Gasteiger charge is 2.19. The molecule has 0 radical (unpaired) electrons. The maximum absolute atomic E-state index is 3.64. The molecule has 1 nitrogen and oxygen atoms in total. The van der Waals surface area contributed by atoms with Gasteiger partial charge in [0.25, 0.3) is 0 Å². The number of hydrogen-bond donors (Lipinski definition) is 1. The van der Waals surface area contributed by atoms with Gasteiger partial charge in [0.2, 0.25) is 0 Å². The Bertz CT molecular complexity index is 131. The first-order chi connectivity index (χ1) is 6.20. The van der Waals surface area contributed by atoms with Gasteiger partial charge in [-0.15, -0.1) is 0 Å². The summed E-state index contributed by atoms with van der Waals surface area (Å²) in [6, 6.07) is 0.812. The van der Waals surface area contributed by atoms with E-state index in [1.54, 1.807) is 0 Å². The van der Waals surface area contributed by atoms with E-state index in [0.29, 0.717) is 0 Å². The normalized spacial score (nSPS) is 29.5. The second kappa shape index (κ2) is 5.64. The van der Waals surface area contributed by atoms with Crippen molar-refractivity contribution in [3.63, 3.8) is 0 Å². The van der Waals surface area contributed by atoms with Gasteiger partial charge >= 0.3 is 0 Å². The van der Waals surface area contributed by atoms with Crippen LogP contribution < -0.4 is 5.32 Å². The minimum atomic E-state index is 0.812. The van der Waals surface area contributed by atoms with Crippen LogP contribution in [0.2, 0.25) is 0 Å². The Kier molecular flexibility index (Phi) is 4.79. The second-order valence-electron chi connectivity index (χ2n) is 5.00. The highest BCUT2D eigenvalue weighted by atomic mass is 14.9. The van der Waals surface area contributed by atoms with Crippen molar-refractivity contribution in [2.45, 2.75) is 58.9 Å². The molecule has 0 saturated carbocycles. The van der Waals surface area contributed by atoms with E-state index in [4.69, 9.17) is 0 Å². The van der Waals surface area contributed by atoms with E-state index >= 15 is 0 Å². The zero-order chi connectivity index (χ0) is 9.68. The van der Waals surface area contributed by atoms with Gasteiger partial charge in [-0.2, -0.15) is 0 Å². The monoisotopic (exact) mass is 183 g/mol. The Morgan fingerprint density at radius 1 is 1.38 bits per heavy atom. The van der Waals surface area contributed by atoms with E-state index in [0.717, 1.165) is 17.9 Å². The molecule has 1 N–H and O–H groups in total. The molecule has 1 rings (SSSR count). The van der Waals surface area contributed by atoms with Crippen LogP contribution >= 0.6 is 0 Å². The van der Waals surface area contributed by atoms with Gasteiger partial charge in [-0.25, -0.2) is 0 Å². The molecule has 0 aliphatic carbocycles. The number of rotatable bonds is 4. The van der Waals surface area contributed by atoms with Crippen LogP contribution in [0, 0.1) is 11.8 Å². The molecule has 0 aromatic rings. The zero-order valence-electron chi connectivity index (χ0n) is 9.47. The Labute approximate surface area is 83.3 Å². The third kappa shape index (κ3) is 4.12. The fourth-order valence-corrected chi connectivity index (χ4v) is 2.25. The quantitative estimate of drug-likeness (QED) is 0.706. The Morgan fingerprint density at radius 3 is 2.77 bits per heavy atom.